The topological polar surface area (TPSA) is 49.7 Å². The SMILES string of the molecule is C=Cc1ccc(OCCCCCCCCCCCSCc2ccc(B(O)O)cc2)cc1. The molecule has 0 amide bonds. The average Bonchev–Trinajstić information content (AvgIpc) is 2.80. The van der Waals surface area contributed by atoms with E-state index in [0.717, 1.165) is 30.1 Å². The molecule has 168 valence electrons. The van der Waals surface area contributed by atoms with Crippen LogP contribution in [0.2, 0.25) is 0 Å². The fourth-order valence-electron chi connectivity index (χ4n) is 3.41. The van der Waals surface area contributed by atoms with Gasteiger partial charge in [-0.1, -0.05) is 94.0 Å². The first-order valence-corrected chi connectivity index (χ1v) is 12.7. The first kappa shape index (κ1) is 25.6. The van der Waals surface area contributed by atoms with Gasteiger partial charge in [-0.15, -0.1) is 0 Å². The molecule has 0 atom stereocenters. The lowest BCUT2D eigenvalue weighted by Gasteiger charge is -2.06. The molecule has 3 nitrogen and oxygen atoms in total. The van der Waals surface area contributed by atoms with E-state index < -0.39 is 7.12 Å². The minimum Gasteiger partial charge on any atom is -0.494 e. The normalized spacial score (nSPS) is 10.8. The van der Waals surface area contributed by atoms with Crippen LogP contribution in [0, 0.1) is 0 Å². The summed E-state index contributed by atoms with van der Waals surface area (Å²) in [6, 6.07) is 15.6. The van der Waals surface area contributed by atoms with Gasteiger partial charge in [-0.2, -0.15) is 11.8 Å². The minimum absolute atomic E-state index is 0.553. The van der Waals surface area contributed by atoms with Crippen molar-refractivity contribution in [3.63, 3.8) is 0 Å². The van der Waals surface area contributed by atoms with E-state index in [4.69, 9.17) is 14.8 Å². The molecule has 0 saturated carbocycles. The Morgan fingerprint density at radius 2 is 1.35 bits per heavy atom. The van der Waals surface area contributed by atoms with Crippen molar-refractivity contribution >= 4 is 30.4 Å². The zero-order chi connectivity index (χ0) is 22.2. The van der Waals surface area contributed by atoms with Crippen LogP contribution in [0.5, 0.6) is 5.75 Å². The highest BCUT2D eigenvalue weighted by atomic mass is 32.2. The summed E-state index contributed by atoms with van der Waals surface area (Å²) in [6.45, 7) is 4.57. The maximum Gasteiger partial charge on any atom is 0.488 e. The first-order chi connectivity index (χ1) is 15.2. The van der Waals surface area contributed by atoms with Crippen LogP contribution in [0.3, 0.4) is 0 Å². The second-order valence-corrected chi connectivity index (χ2v) is 9.08. The van der Waals surface area contributed by atoms with Gasteiger partial charge in [0.15, 0.2) is 0 Å². The first-order valence-electron chi connectivity index (χ1n) is 11.6. The molecular formula is C26H37BO3S. The lowest BCUT2D eigenvalue weighted by Crippen LogP contribution is -2.29. The Hall–Kier alpha value is -1.69. The maximum atomic E-state index is 9.11. The molecule has 0 saturated heterocycles. The molecule has 2 N–H and O–H groups in total. The van der Waals surface area contributed by atoms with Gasteiger partial charge in [-0.05, 0) is 47.3 Å². The number of rotatable bonds is 17. The van der Waals surface area contributed by atoms with Crippen LogP contribution in [-0.4, -0.2) is 29.5 Å². The highest BCUT2D eigenvalue weighted by molar-refractivity contribution is 7.98. The summed E-state index contributed by atoms with van der Waals surface area (Å²) in [5, 5.41) is 18.2. The molecule has 31 heavy (non-hydrogen) atoms. The molecule has 0 aliphatic carbocycles. The van der Waals surface area contributed by atoms with E-state index >= 15 is 0 Å². The van der Waals surface area contributed by atoms with Gasteiger partial charge < -0.3 is 14.8 Å². The standard InChI is InChI=1S/C26H37BO3S/c1-2-23-14-18-26(19-15-23)30-20-10-8-6-4-3-5-7-9-11-21-31-22-24-12-16-25(17-13-24)27(28)29/h2,12-19,28-29H,1,3-11,20-22H2. The van der Waals surface area contributed by atoms with Crippen molar-refractivity contribution in [3.8, 4) is 5.75 Å². The lowest BCUT2D eigenvalue weighted by atomic mass is 9.80. The fraction of sp³-hybridized carbons (Fsp3) is 0.462. The highest BCUT2D eigenvalue weighted by Crippen LogP contribution is 2.16. The molecule has 2 aromatic carbocycles. The minimum atomic E-state index is -1.37. The highest BCUT2D eigenvalue weighted by Gasteiger charge is 2.09. The third-order valence-electron chi connectivity index (χ3n) is 5.36. The number of thioether (sulfide) groups is 1. The van der Waals surface area contributed by atoms with Crippen LogP contribution in [0.15, 0.2) is 55.1 Å². The Labute approximate surface area is 193 Å². The Balaban J connectivity index is 1.33. The molecular weight excluding hydrogens is 403 g/mol. The van der Waals surface area contributed by atoms with Crippen molar-refractivity contribution in [2.45, 2.75) is 63.5 Å². The van der Waals surface area contributed by atoms with Gasteiger partial charge in [0.2, 0.25) is 0 Å². The van der Waals surface area contributed by atoms with Crippen molar-refractivity contribution in [2.24, 2.45) is 0 Å². The van der Waals surface area contributed by atoms with Crippen LogP contribution in [-0.2, 0) is 5.75 Å². The largest absolute Gasteiger partial charge is 0.494 e. The van der Waals surface area contributed by atoms with Gasteiger partial charge in [-0.25, -0.2) is 0 Å². The molecule has 0 spiro atoms. The van der Waals surface area contributed by atoms with Crippen molar-refractivity contribution in [2.75, 3.05) is 12.4 Å². The molecule has 0 aliphatic heterocycles. The van der Waals surface area contributed by atoms with Gasteiger partial charge in [0.25, 0.3) is 0 Å². The van der Waals surface area contributed by atoms with Gasteiger partial charge in [-0.3, -0.25) is 0 Å². The Kier molecular flexibility index (Phi) is 13.2. The van der Waals surface area contributed by atoms with Gasteiger partial charge in [0.05, 0.1) is 6.61 Å². The summed E-state index contributed by atoms with van der Waals surface area (Å²) in [5.74, 6) is 3.13. The summed E-state index contributed by atoms with van der Waals surface area (Å²) >= 11 is 1.96. The molecule has 0 heterocycles. The van der Waals surface area contributed by atoms with E-state index in [1.165, 1.54) is 62.7 Å². The molecule has 0 radical (unpaired) electrons. The Morgan fingerprint density at radius 3 is 1.94 bits per heavy atom. The molecule has 2 aromatic rings. The van der Waals surface area contributed by atoms with Crippen molar-refractivity contribution in [3.05, 3.63) is 66.2 Å². The smallest absolute Gasteiger partial charge is 0.488 e. The number of unbranched alkanes of at least 4 members (excludes halogenated alkanes) is 8. The van der Waals surface area contributed by atoms with Crippen molar-refractivity contribution in [1.29, 1.82) is 0 Å². The van der Waals surface area contributed by atoms with E-state index in [9.17, 15) is 0 Å². The zero-order valence-electron chi connectivity index (χ0n) is 18.7. The lowest BCUT2D eigenvalue weighted by molar-refractivity contribution is 0.304. The Bertz CT molecular complexity index is 716. The van der Waals surface area contributed by atoms with Crippen LogP contribution in [0.4, 0.5) is 0 Å². The van der Waals surface area contributed by atoms with Gasteiger partial charge in [0.1, 0.15) is 5.75 Å². The summed E-state index contributed by atoms with van der Waals surface area (Å²) < 4.78 is 5.78. The van der Waals surface area contributed by atoms with E-state index in [0.29, 0.717) is 5.46 Å². The van der Waals surface area contributed by atoms with Gasteiger partial charge >= 0.3 is 7.12 Å². The van der Waals surface area contributed by atoms with Crippen LogP contribution < -0.4 is 10.2 Å². The van der Waals surface area contributed by atoms with E-state index in [1.54, 1.807) is 12.1 Å². The van der Waals surface area contributed by atoms with Gasteiger partial charge in [0, 0.05) is 5.75 Å². The predicted octanol–water partition coefficient (Wildman–Crippen LogP) is 5.83. The number of hydrogen-bond donors (Lipinski definition) is 2. The summed E-state index contributed by atoms with van der Waals surface area (Å²) in [4.78, 5) is 0. The third kappa shape index (κ3) is 11.5. The van der Waals surface area contributed by atoms with E-state index in [1.807, 2.05) is 54.2 Å². The van der Waals surface area contributed by atoms with Crippen LogP contribution >= 0.6 is 11.8 Å². The molecule has 2 rings (SSSR count). The fourth-order valence-corrected chi connectivity index (χ4v) is 4.39. The maximum absolute atomic E-state index is 9.11. The molecule has 0 unspecified atom stereocenters. The molecule has 0 bridgehead atoms. The second kappa shape index (κ2) is 16.0. The van der Waals surface area contributed by atoms with Crippen LogP contribution in [0.1, 0.15) is 68.9 Å². The predicted molar refractivity (Wildman–Crippen MR) is 136 cm³/mol. The summed E-state index contributed by atoms with van der Waals surface area (Å²) in [7, 11) is -1.37. The summed E-state index contributed by atoms with van der Waals surface area (Å²) in [5.41, 5.74) is 2.92. The van der Waals surface area contributed by atoms with Crippen molar-refractivity contribution < 1.29 is 14.8 Å². The average molecular weight is 440 g/mol. The number of hydrogen-bond acceptors (Lipinski definition) is 4. The van der Waals surface area contributed by atoms with E-state index in [-0.39, 0.29) is 0 Å². The summed E-state index contributed by atoms with van der Waals surface area (Å²) in [6.07, 6.45) is 13.5. The third-order valence-corrected chi connectivity index (χ3v) is 6.48. The zero-order valence-corrected chi connectivity index (χ0v) is 19.5. The quantitative estimate of drug-likeness (QED) is 0.240. The van der Waals surface area contributed by atoms with Crippen LogP contribution in [0.25, 0.3) is 6.08 Å². The van der Waals surface area contributed by atoms with Crippen molar-refractivity contribution in [1.82, 2.24) is 0 Å². The molecule has 5 heteroatoms. The molecule has 0 aromatic heterocycles. The monoisotopic (exact) mass is 440 g/mol. The Morgan fingerprint density at radius 1 is 0.774 bits per heavy atom. The van der Waals surface area contributed by atoms with E-state index in [2.05, 4.69) is 6.58 Å². The number of benzene rings is 2. The number of ether oxygens (including phenoxy) is 1. The second-order valence-electron chi connectivity index (χ2n) is 7.97. The molecule has 0 fully saturated rings. The molecule has 0 aliphatic rings.